The van der Waals surface area contributed by atoms with Crippen molar-refractivity contribution in [3.05, 3.63) is 64.3 Å². The summed E-state index contributed by atoms with van der Waals surface area (Å²) in [6, 6.07) is 10.3. The van der Waals surface area contributed by atoms with Crippen LogP contribution in [0.1, 0.15) is 5.56 Å². The van der Waals surface area contributed by atoms with E-state index >= 15 is 0 Å². The molecule has 146 valence electrons. The van der Waals surface area contributed by atoms with Gasteiger partial charge in [0.15, 0.2) is 0 Å². The minimum Gasteiger partial charge on any atom is -0.368 e. The van der Waals surface area contributed by atoms with Crippen molar-refractivity contribution in [2.75, 3.05) is 36.0 Å². The number of halogens is 3. The summed E-state index contributed by atoms with van der Waals surface area (Å²) in [5.74, 6) is 0.169. The smallest absolute Gasteiger partial charge is 0.368 e. The molecule has 1 fully saturated rings. The molecule has 1 aromatic carbocycles. The van der Waals surface area contributed by atoms with Crippen molar-refractivity contribution in [3.63, 3.8) is 0 Å². The standard InChI is InChI=1S/C18H16F3N5O2/c19-18(20,21)13-4-3-5-14(12-13)23-8-10-24(11-9-23)16-17(26(27)28)25-7-2-1-6-15(25)22-16/h1-7,12H,8-11H2. The van der Waals surface area contributed by atoms with Crippen molar-refractivity contribution in [2.45, 2.75) is 6.18 Å². The minimum atomic E-state index is -4.39. The number of piperazine rings is 1. The second-order valence-electron chi connectivity index (χ2n) is 6.47. The van der Waals surface area contributed by atoms with Gasteiger partial charge in [0.05, 0.1) is 11.8 Å². The zero-order chi connectivity index (χ0) is 19.9. The lowest BCUT2D eigenvalue weighted by Crippen LogP contribution is -2.46. The molecular weight excluding hydrogens is 375 g/mol. The van der Waals surface area contributed by atoms with Crippen LogP contribution in [-0.2, 0) is 6.18 Å². The maximum atomic E-state index is 12.9. The van der Waals surface area contributed by atoms with Gasteiger partial charge in [-0.2, -0.15) is 22.6 Å². The van der Waals surface area contributed by atoms with Gasteiger partial charge in [0.25, 0.3) is 0 Å². The fourth-order valence-electron chi connectivity index (χ4n) is 3.41. The molecule has 7 nitrogen and oxygen atoms in total. The molecule has 3 heterocycles. The number of alkyl halides is 3. The Bertz CT molecular complexity index is 1030. The van der Waals surface area contributed by atoms with Crippen molar-refractivity contribution in [2.24, 2.45) is 0 Å². The van der Waals surface area contributed by atoms with Gasteiger partial charge in [0.2, 0.25) is 11.5 Å². The minimum absolute atomic E-state index is 0.108. The van der Waals surface area contributed by atoms with Crippen molar-refractivity contribution >= 4 is 23.0 Å². The highest BCUT2D eigenvalue weighted by Gasteiger charge is 2.32. The first-order valence-corrected chi connectivity index (χ1v) is 8.63. The lowest BCUT2D eigenvalue weighted by molar-refractivity contribution is -0.389. The first kappa shape index (κ1) is 18.1. The Morgan fingerprint density at radius 3 is 2.39 bits per heavy atom. The Labute approximate surface area is 157 Å². The van der Waals surface area contributed by atoms with E-state index in [1.165, 1.54) is 10.5 Å². The van der Waals surface area contributed by atoms with E-state index in [1.807, 2.05) is 4.90 Å². The molecule has 28 heavy (non-hydrogen) atoms. The van der Waals surface area contributed by atoms with E-state index in [1.54, 1.807) is 35.4 Å². The fraction of sp³-hybridized carbons (Fsp3) is 0.278. The molecule has 2 aromatic heterocycles. The van der Waals surface area contributed by atoms with E-state index in [-0.39, 0.29) is 11.6 Å². The summed E-state index contributed by atoms with van der Waals surface area (Å²) < 4.78 is 40.2. The largest absolute Gasteiger partial charge is 0.416 e. The number of hydrogen-bond donors (Lipinski definition) is 0. The van der Waals surface area contributed by atoms with Crippen LogP contribution in [0.2, 0.25) is 0 Å². The molecule has 0 radical (unpaired) electrons. The highest BCUT2D eigenvalue weighted by atomic mass is 19.4. The van der Waals surface area contributed by atoms with Gasteiger partial charge < -0.3 is 19.9 Å². The van der Waals surface area contributed by atoms with Crippen molar-refractivity contribution in [1.29, 1.82) is 0 Å². The number of nitrogens with zero attached hydrogens (tertiary/aromatic N) is 5. The Morgan fingerprint density at radius 2 is 1.71 bits per heavy atom. The van der Waals surface area contributed by atoms with E-state index in [0.717, 1.165) is 12.1 Å². The van der Waals surface area contributed by atoms with Crippen molar-refractivity contribution in [1.82, 2.24) is 9.38 Å². The van der Waals surface area contributed by atoms with Crippen LogP contribution >= 0.6 is 0 Å². The van der Waals surface area contributed by atoms with E-state index in [2.05, 4.69) is 4.98 Å². The van der Waals surface area contributed by atoms with Crippen LogP contribution in [0, 0.1) is 10.1 Å². The normalized spacial score (nSPS) is 15.2. The number of imidazole rings is 1. The molecule has 0 spiro atoms. The van der Waals surface area contributed by atoms with Crippen LogP contribution in [0.3, 0.4) is 0 Å². The molecule has 0 N–H and O–H groups in total. The number of anilines is 2. The van der Waals surface area contributed by atoms with Gasteiger partial charge in [-0.25, -0.2) is 0 Å². The Hall–Kier alpha value is -3.30. The van der Waals surface area contributed by atoms with E-state index < -0.39 is 16.7 Å². The number of rotatable bonds is 3. The van der Waals surface area contributed by atoms with Gasteiger partial charge in [-0.1, -0.05) is 12.1 Å². The predicted octanol–water partition coefficient (Wildman–Crippen LogP) is 3.59. The second-order valence-corrected chi connectivity index (χ2v) is 6.47. The SMILES string of the molecule is O=[N+]([O-])c1c(N2CCN(c3cccc(C(F)(F)F)c3)CC2)nc2ccccn12. The average molecular weight is 391 g/mol. The topological polar surface area (TPSA) is 66.9 Å². The third-order valence-corrected chi connectivity index (χ3v) is 4.78. The summed E-state index contributed by atoms with van der Waals surface area (Å²) in [7, 11) is 0. The number of hydrogen-bond acceptors (Lipinski definition) is 5. The summed E-state index contributed by atoms with van der Waals surface area (Å²) in [5.41, 5.74) is 0.270. The third kappa shape index (κ3) is 3.21. The van der Waals surface area contributed by atoms with Gasteiger partial charge in [-0.05, 0) is 29.2 Å². The average Bonchev–Trinajstić information content (AvgIpc) is 3.07. The number of nitro groups is 1. The highest BCUT2D eigenvalue weighted by Crippen LogP contribution is 2.33. The lowest BCUT2D eigenvalue weighted by atomic mass is 10.1. The Kier molecular flexibility index (Phi) is 4.33. The van der Waals surface area contributed by atoms with E-state index in [0.29, 0.717) is 37.5 Å². The summed E-state index contributed by atoms with van der Waals surface area (Å²) >= 11 is 0. The first-order valence-electron chi connectivity index (χ1n) is 8.63. The highest BCUT2D eigenvalue weighted by molar-refractivity contribution is 5.64. The fourth-order valence-corrected chi connectivity index (χ4v) is 3.41. The molecule has 0 unspecified atom stereocenters. The molecule has 3 aromatic rings. The maximum Gasteiger partial charge on any atom is 0.416 e. The molecule has 1 aliphatic rings. The summed E-state index contributed by atoms with van der Waals surface area (Å²) in [5, 5.41) is 11.6. The van der Waals surface area contributed by atoms with Crippen LogP contribution in [0.25, 0.3) is 5.65 Å². The molecule has 0 aliphatic carbocycles. The molecule has 0 atom stereocenters. The van der Waals surface area contributed by atoms with Crippen LogP contribution in [0.15, 0.2) is 48.7 Å². The van der Waals surface area contributed by atoms with Gasteiger partial charge in [-0.15, -0.1) is 0 Å². The van der Waals surface area contributed by atoms with Crippen LogP contribution in [0.4, 0.5) is 30.5 Å². The van der Waals surface area contributed by atoms with Crippen LogP contribution in [0.5, 0.6) is 0 Å². The van der Waals surface area contributed by atoms with Crippen LogP contribution in [-0.4, -0.2) is 40.5 Å². The molecule has 1 saturated heterocycles. The quantitative estimate of drug-likeness (QED) is 0.504. The van der Waals surface area contributed by atoms with Gasteiger partial charge in [-0.3, -0.25) is 0 Å². The summed E-state index contributed by atoms with van der Waals surface area (Å²) in [6.07, 6.45) is -2.81. The molecule has 0 amide bonds. The maximum absolute atomic E-state index is 12.9. The lowest BCUT2D eigenvalue weighted by Gasteiger charge is -2.36. The monoisotopic (exact) mass is 391 g/mol. The summed E-state index contributed by atoms with van der Waals surface area (Å²) in [6.45, 7) is 1.71. The number of aromatic nitrogens is 2. The number of fused-ring (bicyclic) bond motifs is 1. The van der Waals surface area contributed by atoms with Crippen molar-refractivity contribution < 1.29 is 18.1 Å². The zero-order valence-electron chi connectivity index (χ0n) is 14.6. The molecular formula is C18H16F3N5O2. The molecule has 4 rings (SSSR count). The summed E-state index contributed by atoms with van der Waals surface area (Å²) in [4.78, 5) is 19.1. The molecule has 0 saturated carbocycles. The third-order valence-electron chi connectivity index (χ3n) is 4.78. The number of pyridine rings is 1. The molecule has 1 aliphatic heterocycles. The second kappa shape index (κ2) is 6.70. The predicted molar refractivity (Wildman–Crippen MR) is 97.7 cm³/mol. The first-order chi connectivity index (χ1) is 13.3. The van der Waals surface area contributed by atoms with Crippen LogP contribution < -0.4 is 9.80 Å². The van der Waals surface area contributed by atoms with Gasteiger partial charge >= 0.3 is 12.0 Å². The Morgan fingerprint density at radius 1 is 1.00 bits per heavy atom. The zero-order valence-corrected chi connectivity index (χ0v) is 14.6. The van der Waals surface area contributed by atoms with Crippen molar-refractivity contribution in [3.8, 4) is 0 Å². The van der Waals surface area contributed by atoms with E-state index in [4.69, 9.17) is 0 Å². The van der Waals surface area contributed by atoms with Gasteiger partial charge in [0.1, 0.15) is 0 Å². The number of benzene rings is 1. The molecule has 0 bridgehead atoms. The Balaban J connectivity index is 1.56. The molecule has 10 heteroatoms. The van der Waals surface area contributed by atoms with E-state index in [9.17, 15) is 23.3 Å². The van der Waals surface area contributed by atoms with Gasteiger partial charge in [0, 0.05) is 37.9 Å².